The number of aldehydes is 1. The van der Waals surface area contributed by atoms with Gasteiger partial charge in [-0.3, -0.25) is 4.79 Å². The van der Waals surface area contributed by atoms with E-state index in [0.717, 1.165) is 11.9 Å². The summed E-state index contributed by atoms with van der Waals surface area (Å²) in [5, 5.41) is 2.55. The predicted molar refractivity (Wildman–Crippen MR) is 52.3 cm³/mol. The van der Waals surface area contributed by atoms with E-state index in [1.165, 1.54) is 0 Å². The van der Waals surface area contributed by atoms with Crippen molar-refractivity contribution in [2.45, 2.75) is 26.7 Å². The summed E-state index contributed by atoms with van der Waals surface area (Å²) in [6.07, 6.45) is 3.62. The SMILES string of the molecule is C/C=C(\C)C(CC=O)CC(=O)NC. The number of carbonyl (C=O) groups is 2. The molecule has 1 N–H and O–H groups in total. The van der Waals surface area contributed by atoms with Crippen LogP contribution in [-0.4, -0.2) is 19.2 Å². The maximum absolute atomic E-state index is 11.1. The lowest BCUT2D eigenvalue weighted by Crippen LogP contribution is -2.22. The number of hydrogen-bond acceptors (Lipinski definition) is 2. The summed E-state index contributed by atoms with van der Waals surface area (Å²) in [6.45, 7) is 3.86. The molecule has 0 aromatic carbocycles. The van der Waals surface area contributed by atoms with Crippen LogP contribution in [-0.2, 0) is 9.59 Å². The van der Waals surface area contributed by atoms with Crippen LogP contribution < -0.4 is 5.32 Å². The van der Waals surface area contributed by atoms with Crippen LogP contribution in [0.4, 0.5) is 0 Å². The second-order valence-corrected chi connectivity index (χ2v) is 3.01. The third-order valence-electron chi connectivity index (χ3n) is 2.19. The lowest BCUT2D eigenvalue weighted by molar-refractivity contribution is -0.121. The summed E-state index contributed by atoms with van der Waals surface area (Å²) in [5.41, 5.74) is 1.09. The Hall–Kier alpha value is -1.12. The highest BCUT2D eigenvalue weighted by molar-refractivity contribution is 5.76. The Morgan fingerprint density at radius 3 is 2.54 bits per heavy atom. The highest BCUT2D eigenvalue weighted by Gasteiger charge is 2.13. The van der Waals surface area contributed by atoms with Crippen molar-refractivity contribution in [1.82, 2.24) is 5.32 Å². The van der Waals surface area contributed by atoms with Gasteiger partial charge >= 0.3 is 0 Å². The van der Waals surface area contributed by atoms with Gasteiger partial charge in [-0.25, -0.2) is 0 Å². The number of nitrogens with one attached hydrogen (secondary N) is 1. The summed E-state index contributed by atoms with van der Waals surface area (Å²) in [7, 11) is 1.60. The van der Waals surface area contributed by atoms with Crippen LogP contribution in [0.3, 0.4) is 0 Å². The second-order valence-electron chi connectivity index (χ2n) is 3.01. The average Bonchev–Trinajstić information content (AvgIpc) is 2.15. The number of carbonyl (C=O) groups excluding carboxylic acids is 2. The fraction of sp³-hybridized carbons (Fsp3) is 0.600. The molecule has 0 rings (SSSR count). The van der Waals surface area contributed by atoms with Crippen LogP contribution >= 0.6 is 0 Å². The first kappa shape index (κ1) is 11.9. The van der Waals surface area contributed by atoms with E-state index in [4.69, 9.17) is 0 Å². The monoisotopic (exact) mass is 183 g/mol. The summed E-state index contributed by atoms with van der Waals surface area (Å²) >= 11 is 0. The van der Waals surface area contributed by atoms with Gasteiger partial charge in [0.05, 0.1) is 0 Å². The molecule has 74 valence electrons. The summed E-state index contributed by atoms with van der Waals surface area (Å²) < 4.78 is 0. The van der Waals surface area contributed by atoms with Gasteiger partial charge in [0.25, 0.3) is 0 Å². The molecule has 0 aromatic rings. The van der Waals surface area contributed by atoms with Crippen LogP contribution in [0.25, 0.3) is 0 Å². The van der Waals surface area contributed by atoms with E-state index in [1.54, 1.807) is 7.05 Å². The van der Waals surface area contributed by atoms with Gasteiger partial charge in [0.1, 0.15) is 6.29 Å². The molecule has 0 aliphatic rings. The van der Waals surface area contributed by atoms with E-state index in [0.29, 0.717) is 12.8 Å². The number of rotatable bonds is 5. The molecule has 0 saturated heterocycles. The topological polar surface area (TPSA) is 46.2 Å². The van der Waals surface area contributed by atoms with Crippen molar-refractivity contribution in [3.63, 3.8) is 0 Å². The smallest absolute Gasteiger partial charge is 0.220 e. The zero-order chi connectivity index (χ0) is 10.3. The van der Waals surface area contributed by atoms with Crippen molar-refractivity contribution >= 4 is 12.2 Å². The van der Waals surface area contributed by atoms with Gasteiger partial charge in [0, 0.05) is 19.9 Å². The molecule has 0 fully saturated rings. The maximum atomic E-state index is 11.1. The molecule has 3 nitrogen and oxygen atoms in total. The van der Waals surface area contributed by atoms with Gasteiger partial charge in [-0.05, 0) is 19.8 Å². The lowest BCUT2D eigenvalue weighted by atomic mass is 9.93. The van der Waals surface area contributed by atoms with E-state index in [-0.39, 0.29) is 11.8 Å². The fourth-order valence-electron chi connectivity index (χ4n) is 1.11. The Labute approximate surface area is 79.2 Å². The molecule has 1 atom stereocenters. The Morgan fingerprint density at radius 2 is 2.15 bits per heavy atom. The molecule has 0 bridgehead atoms. The summed E-state index contributed by atoms with van der Waals surface area (Å²) in [4.78, 5) is 21.4. The second kappa shape index (κ2) is 6.40. The van der Waals surface area contributed by atoms with E-state index >= 15 is 0 Å². The zero-order valence-electron chi connectivity index (χ0n) is 8.46. The van der Waals surface area contributed by atoms with Crippen molar-refractivity contribution in [2.24, 2.45) is 5.92 Å². The molecule has 0 radical (unpaired) electrons. The minimum Gasteiger partial charge on any atom is -0.359 e. The number of amides is 1. The van der Waals surface area contributed by atoms with Gasteiger partial charge in [-0.1, -0.05) is 11.6 Å². The Morgan fingerprint density at radius 1 is 1.54 bits per heavy atom. The first-order valence-electron chi connectivity index (χ1n) is 4.42. The van der Waals surface area contributed by atoms with Crippen molar-refractivity contribution < 1.29 is 9.59 Å². The van der Waals surface area contributed by atoms with Gasteiger partial charge in [-0.15, -0.1) is 0 Å². The minimum absolute atomic E-state index is 0.0203. The third kappa shape index (κ3) is 4.45. The number of hydrogen-bond donors (Lipinski definition) is 1. The molecular weight excluding hydrogens is 166 g/mol. The van der Waals surface area contributed by atoms with Gasteiger partial charge < -0.3 is 10.1 Å². The van der Waals surface area contributed by atoms with E-state index in [1.807, 2.05) is 19.9 Å². The first-order valence-corrected chi connectivity index (χ1v) is 4.42. The normalized spacial score (nSPS) is 13.6. The molecular formula is C10H17NO2. The summed E-state index contributed by atoms with van der Waals surface area (Å²) in [6, 6.07) is 0. The quantitative estimate of drug-likeness (QED) is 0.515. The van der Waals surface area contributed by atoms with Crippen LogP contribution in [0.1, 0.15) is 26.7 Å². The van der Waals surface area contributed by atoms with Crippen LogP contribution in [0, 0.1) is 5.92 Å². The maximum Gasteiger partial charge on any atom is 0.220 e. The van der Waals surface area contributed by atoms with Gasteiger partial charge in [-0.2, -0.15) is 0 Å². The van der Waals surface area contributed by atoms with Gasteiger partial charge in [0.2, 0.25) is 5.91 Å². The molecule has 0 heterocycles. The highest BCUT2D eigenvalue weighted by atomic mass is 16.1. The largest absolute Gasteiger partial charge is 0.359 e. The third-order valence-corrected chi connectivity index (χ3v) is 2.19. The molecule has 0 aliphatic carbocycles. The van der Waals surface area contributed by atoms with Crippen LogP contribution in [0.5, 0.6) is 0 Å². The van der Waals surface area contributed by atoms with Crippen LogP contribution in [0.2, 0.25) is 0 Å². The Bertz CT molecular complexity index is 209. The van der Waals surface area contributed by atoms with Crippen molar-refractivity contribution in [3.05, 3.63) is 11.6 Å². The molecule has 3 heteroatoms. The standard InChI is InChI=1S/C10H17NO2/c1-4-8(2)9(5-6-12)7-10(13)11-3/h4,6,9H,5,7H2,1-3H3,(H,11,13)/b8-4+. The Balaban J connectivity index is 4.25. The molecule has 1 amide bonds. The average molecular weight is 183 g/mol. The molecule has 0 spiro atoms. The lowest BCUT2D eigenvalue weighted by Gasteiger charge is -2.13. The fourth-order valence-corrected chi connectivity index (χ4v) is 1.11. The first-order chi connectivity index (χ1) is 6.15. The molecule has 1 unspecified atom stereocenters. The zero-order valence-corrected chi connectivity index (χ0v) is 8.46. The predicted octanol–water partition coefficient (Wildman–Crippen LogP) is 1.29. The van der Waals surface area contributed by atoms with Gasteiger partial charge in [0.15, 0.2) is 0 Å². The summed E-state index contributed by atoms with van der Waals surface area (Å²) in [5.74, 6) is 0.0375. The molecule has 0 aromatic heterocycles. The van der Waals surface area contributed by atoms with E-state index in [2.05, 4.69) is 5.32 Å². The van der Waals surface area contributed by atoms with Crippen LogP contribution in [0.15, 0.2) is 11.6 Å². The Kier molecular flexibility index (Phi) is 5.85. The molecule has 0 aliphatic heterocycles. The van der Waals surface area contributed by atoms with Crippen molar-refractivity contribution in [1.29, 1.82) is 0 Å². The number of allylic oxidation sites excluding steroid dienone is 2. The van der Waals surface area contributed by atoms with Crippen molar-refractivity contribution in [3.8, 4) is 0 Å². The van der Waals surface area contributed by atoms with E-state index < -0.39 is 0 Å². The molecule has 13 heavy (non-hydrogen) atoms. The van der Waals surface area contributed by atoms with E-state index in [9.17, 15) is 9.59 Å². The minimum atomic E-state index is -0.0203. The highest BCUT2D eigenvalue weighted by Crippen LogP contribution is 2.17. The molecule has 0 saturated carbocycles. The van der Waals surface area contributed by atoms with Crippen molar-refractivity contribution in [2.75, 3.05) is 7.05 Å².